The number of aliphatic carboxylic acids is 1. The van der Waals surface area contributed by atoms with Gasteiger partial charge in [0.25, 0.3) is 5.91 Å². The second-order valence-corrected chi connectivity index (χ2v) is 5.02. The van der Waals surface area contributed by atoms with Crippen LogP contribution in [0.1, 0.15) is 23.2 Å². The zero-order valence-corrected chi connectivity index (χ0v) is 10.9. The summed E-state index contributed by atoms with van der Waals surface area (Å²) in [5.41, 5.74) is 1.40. The Morgan fingerprint density at radius 2 is 2.00 bits per heavy atom. The standard InChI is InChI=1S/C14H15N3O3/c18-13(16-6-3-10(4-7-16)14(19)20)11-1-2-12-15-5-8-17(12)9-11/h1-2,5,8-10H,3-4,6-7H2,(H,19,20). The van der Waals surface area contributed by atoms with Crippen LogP contribution >= 0.6 is 0 Å². The van der Waals surface area contributed by atoms with Crippen molar-refractivity contribution in [3.8, 4) is 0 Å². The Balaban J connectivity index is 1.74. The molecule has 0 saturated carbocycles. The lowest BCUT2D eigenvalue weighted by Crippen LogP contribution is -2.40. The van der Waals surface area contributed by atoms with Crippen molar-refractivity contribution in [1.82, 2.24) is 14.3 Å². The van der Waals surface area contributed by atoms with Crippen molar-refractivity contribution in [1.29, 1.82) is 0 Å². The Bertz CT molecular complexity index is 656. The van der Waals surface area contributed by atoms with Crippen LogP contribution in [0.4, 0.5) is 0 Å². The molecule has 1 aliphatic rings. The third kappa shape index (κ3) is 2.24. The van der Waals surface area contributed by atoms with Crippen LogP contribution in [0, 0.1) is 5.92 Å². The average Bonchev–Trinajstić information content (AvgIpc) is 2.94. The average molecular weight is 273 g/mol. The molecule has 0 aliphatic carbocycles. The summed E-state index contributed by atoms with van der Waals surface area (Å²) in [6.45, 7) is 0.996. The maximum absolute atomic E-state index is 12.4. The van der Waals surface area contributed by atoms with E-state index in [1.807, 2.05) is 0 Å². The van der Waals surface area contributed by atoms with Crippen molar-refractivity contribution < 1.29 is 14.7 Å². The maximum atomic E-state index is 12.4. The van der Waals surface area contributed by atoms with Crippen LogP contribution < -0.4 is 0 Å². The predicted molar refractivity (Wildman–Crippen MR) is 71.5 cm³/mol. The molecule has 0 unspecified atom stereocenters. The normalized spacial score (nSPS) is 16.5. The Morgan fingerprint density at radius 3 is 2.70 bits per heavy atom. The number of carboxylic acids is 1. The maximum Gasteiger partial charge on any atom is 0.306 e. The zero-order valence-electron chi connectivity index (χ0n) is 10.9. The number of amides is 1. The minimum Gasteiger partial charge on any atom is -0.481 e. The van der Waals surface area contributed by atoms with Crippen LogP contribution in [0.2, 0.25) is 0 Å². The number of imidazole rings is 1. The highest BCUT2D eigenvalue weighted by molar-refractivity contribution is 5.94. The minimum absolute atomic E-state index is 0.0514. The second kappa shape index (κ2) is 4.96. The number of hydrogen-bond acceptors (Lipinski definition) is 3. The molecule has 1 aliphatic heterocycles. The molecule has 0 radical (unpaired) electrons. The Kier molecular flexibility index (Phi) is 3.14. The first kappa shape index (κ1) is 12.7. The lowest BCUT2D eigenvalue weighted by atomic mass is 9.97. The van der Waals surface area contributed by atoms with Gasteiger partial charge in [0.2, 0.25) is 0 Å². The van der Waals surface area contributed by atoms with Crippen LogP contribution in [0.5, 0.6) is 0 Å². The van der Waals surface area contributed by atoms with Gasteiger partial charge in [0.1, 0.15) is 5.65 Å². The van der Waals surface area contributed by atoms with E-state index >= 15 is 0 Å². The van der Waals surface area contributed by atoms with E-state index in [-0.39, 0.29) is 11.8 Å². The van der Waals surface area contributed by atoms with Gasteiger partial charge in [-0.25, -0.2) is 4.98 Å². The molecule has 2 aromatic rings. The number of hydrogen-bond donors (Lipinski definition) is 1. The number of piperidine rings is 1. The number of aromatic nitrogens is 2. The molecule has 104 valence electrons. The molecule has 1 saturated heterocycles. The fourth-order valence-corrected chi connectivity index (χ4v) is 2.56. The molecule has 0 spiro atoms. The van der Waals surface area contributed by atoms with E-state index in [1.54, 1.807) is 40.0 Å². The zero-order chi connectivity index (χ0) is 14.1. The van der Waals surface area contributed by atoms with Crippen LogP contribution in [-0.4, -0.2) is 44.4 Å². The first-order valence-electron chi connectivity index (χ1n) is 6.60. The van der Waals surface area contributed by atoms with Crippen LogP contribution in [0.3, 0.4) is 0 Å². The Morgan fingerprint density at radius 1 is 1.25 bits per heavy atom. The monoisotopic (exact) mass is 273 g/mol. The van der Waals surface area contributed by atoms with Gasteiger partial charge in [-0.15, -0.1) is 0 Å². The Labute approximate surface area is 115 Å². The van der Waals surface area contributed by atoms with E-state index in [0.717, 1.165) is 5.65 Å². The van der Waals surface area contributed by atoms with Gasteiger partial charge in [-0.05, 0) is 25.0 Å². The van der Waals surface area contributed by atoms with Crippen molar-refractivity contribution in [3.05, 3.63) is 36.3 Å². The number of likely N-dealkylation sites (tertiary alicyclic amines) is 1. The molecule has 1 fully saturated rings. The summed E-state index contributed by atoms with van der Waals surface area (Å²) in [4.78, 5) is 29.1. The highest BCUT2D eigenvalue weighted by Gasteiger charge is 2.27. The lowest BCUT2D eigenvalue weighted by molar-refractivity contribution is -0.143. The van der Waals surface area contributed by atoms with E-state index in [9.17, 15) is 9.59 Å². The summed E-state index contributed by atoms with van der Waals surface area (Å²) in [5, 5.41) is 8.96. The lowest BCUT2D eigenvalue weighted by Gasteiger charge is -2.30. The highest BCUT2D eigenvalue weighted by Crippen LogP contribution is 2.19. The number of pyridine rings is 1. The number of rotatable bonds is 2. The Hall–Kier alpha value is -2.37. The highest BCUT2D eigenvalue weighted by atomic mass is 16.4. The fraction of sp³-hybridized carbons (Fsp3) is 0.357. The van der Waals surface area contributed by atoms with Gasteiger partial charge in [0.15, 0.2) is 0 Å². The summed E-state index contributed by atoms with van der Waals surface area (Å²) in [5.74, 6) is -1.14. The van der Waals surface area contributed by atoms with Gasteiger partial charge in [0, 0.05) is 31.7 Å². The van der Waals surface area contributed by atoms with E-state index in [1.165, 1.54) is 0 Å². The molecule has 0 bridgehead atoms. The largest absolute Gasteiger partial charge is 0.481 e. The topological polar surface area (TPSA) is 74.9 Å². The summed E-state index contributed by atoms with van der Waals surface area (Å²) in [6, 6.07) is 3.56. The smallest absolute Gasteiger partial charge is 0.306 e. The number of carbonyl (C=O) groups excluding carboxylic acids is 1. The molecule has 2 aromatic heterocycles. The van der Waals surface area contributed by atoms with Gasteiger partial charge in [0.05, 0.1) is 11.5 Å². The quantitative estimate of drug-likeness (QED) is 0.894. The molecule has 1 amide bonds. The molecule has 6 heteroatoms. The molecule has 0 aromatic carbocycles. The van der Waals surface area contributed by atoms with E-state index in [2.05, 4.69) is 4.98 Å². The number of fused-ring (bicyclic) bond motifs is 1. The van der Waals surface area contributed by atoms with Gasteiger partial charge < -0.3 is 14.4 Å². The minimum atomic E-state index is -0.767. The summed E-state index contributed by atoms with van der Waals surface area (Å²) in [6.07, 6.45) is 6.28. The number of nitrogens with zero attached hydrogens (tertiary/aromatic N) is 3. The molecule has 3 heterocycles. The van der Waals surface area contributed by atoms with Crippen molar-refractivity contribution >= 4 is 17.5 Å². The third-order valence-corrected chi connectivity index (χ3v) is 3.77. The predicted octanol–water partition coefficient (Wildman–Crippen LogP) is 1.27. The SMILES string of the molecule is O=C(O)C1CCN(C(=O)c2ccc3nccn3c2)CC1. The summed E-state index contributed by atoms with van der Waals surface area (Å²) >= 11 is 0. The second-order valence-electron chi connectivity index (χ2n) is 5.02. The summed E-state index contributed by atoms with van der Waals surface area (Å²) in [7, 11) is 0. The molecule has 0 atom stereocenters. The molecular formula is C14H15N3O3. The molecule has 6 nitrogen and oxygen atoms in total. The van der Waals surface area contributed by atoms with Gasteiger partial charge in [-0.1, -0.05) is 0 Å². The van der Waals surface area contributed by atoms with E-state index in [4.69, 9.17) is 5.11 Å². The first-order valence-corrected chi connectivity index (χ1v) is 6.60. The van der Waals surface area contributed by atoms with Crippen molar-refractivity contribution in [2.24, 2.45) is 5.92 Å². The van der Waals surface area contributed by atoms with Crippen LogP contribution in [0.15, 0.2) is 30.7 Å². The third-order valence-electron chi connectivity index (χ3n) is 3.77. The molecule has 3 rings (SSSR count). The van der Waals surface area contributed by atoms with Gasteiger partial charge >= 0.3 is 5.97 Å². The number of carbonyl (C=O) groups is 2. The van der Waals surface area contributed by atoms with Crippen LogP contribution in [0.25, 0.3) is 5.65 Å². The molecular weight excluding hydrogens is 258 g/mol. The van der Waals surface area contributed by atoms with Gasteiger partial charge in [-0.2, -0.15) is 0 Å². The van der Waals surface area contributed by atoms with Crippen LogP contribution in [-0.2, 0) is 4.79 Å². The van der Waals surface area contributed by atoms with Crippen molar-refractivity contribution in [2.45, 2.75) is 12.8 Å². The molecule has 20 heavy (non-hydrogen) atoms. The van der Waals surface area contributed by atoms with Crippen molar-refractivity contribution in [3.63, 3.8) is 0 Å². The van der Waals surface area contributed by atoms with E-state index < -0.39 is 5.97 Å². The van der Waals surface area contributed by atoms with Crippen molar-refractivity contribution in [2.75, 3.05) is 13.1 Å². The number of carboxylic acid groups (broad SMARTS) is 1. The van der Waals surface area contributed by atoms with Gasteiger partial charge in [-0.3, -0.25) is 9.59 Å². The molecule has 1 N–H and O–H groups in total. The summed E-state index contributed by atoms with van der Waals surface area (Å²) < 4.78 is 1.80. The first-order chi connectivity index (χ1) is 9.65. The van der Waals surface area contributed by atoms with E-state index in [0.29, 0.717) is 31.5 Å². The fourth-order valence-electron chi connectivity index (χ4n) is 2.56.